The molecule has 0 aromatic rings. The molecule has 216 valence electrons. The molecule has 0 radical (unpaired) electrons. The number of hydrogen-bond donors (Lipinski definition) is 1. The molecule has 0 rings (SSSR count). The Morgan fingerprint density at radius 3 is 1.33 bits per heavy atom. The SMILES string of the molecule is CCCC(C)(OCCCCCCCCCCCCCCCCCC(=O)O)[Si](OCC)(OCC)OCC. The molecule has 0 fully saturated rings. The second-order valence-corrected chi connectivity index (χ2v) is 13.2. The van der Waals surface area contributed by atoms with E-state index in [0.717, 1.165) is 38.7 Å². The molecule has 1 atom stereocenters. The van der Waals surface area contributed by atoms with E-state index in [1.54, 1.807) is 0 Å². The summed E-state index contributed by atoms with van der Waals surface area (Å²) in [7, 11) is -2.93. The Labute approximate surface area is 224 Å². The first kappa shape index (κ1) is 35.5. The minimum absolute atomic E-state index is 0.325. The standard InChI is InChI=1S/C29H60O6Si/c1-6-26-29(5,36(33-7-2,34-8-3)35-9-4)32-27-24-22-20-18-16-14-12-10-11-13-15-17-19-21-23-25-28(30)31/h6-27H2,1-5H3,(H,30,31). The summed E-state index contributed by atoms with van der Waals surface area (Å²) in [6, 6.07) is 0. The van der Waals surface area contributed by atoms with Crippen LogP contribution in [0.1, 0.15) is 150 Å². The van der Waals surface area contributed by atoms with Crippen molar-refractivity contribution in [1.29, 1.82) is 0 Å². The molecule has 1 N–H and O–H groups in total. The Kier molecular flexibility index (Phi) is 23.3. The fraction of sp³-hybridized carbons (Fsp3) is 0.966. The second-order valence-electron chi connectivity index (χ2n) is 10.1. The van der Waals surface area contributed by atoms with E-state index >= 15 is 0 Å². The van der Waals surface area contributed by atoms with Gasteiger partial charge in [0, 0.05) is 32.8 Å². The van der Waals surface area contributed by atoms with Crippen LogP contribution >= 0.6 is 0 Å². The minimum Gasteiger partial charge on any atom is -0.481 e. The molecule has 1 unspecified atom stereocenters. The van der Waals surface area contributed by atoms with E-state index in [0.29, 0.717) is 26.2 Å². The lowest BCUT2D eigenvalue weighted by atomic mass is 10.0. The van der Waals surface area contributed by atoms with Crippen molar-refractivity contribution in [2.75, 3.05) is 26.4 Å². The van der Waals surface area contributed by atoms with Crippen LogP contribution < -0.4 is 0 Å². The normalized spacial score (nSPS) is 13.7. The highest BCUT2D eigenvalue weighted by Crippen LogP contribution is 2.33. The van der Waals surface area contributed by atoms with Gasteiger partial charge in [0.25, 0.3) is 0 Å². The second kappa shape index (κ2) is 23.6. The average molecular weight is 533 g/mol. The third kappa shape index (κ3) is 16.4. The number of carbonyl (C=O) groups is 1. The van der Waals surface area contributed by atoms with E-state index in [4.69, 9.17) is 23.1 Å². The molecule has 0 aromatic heterocycles. The zero-order chi connectivity index (χ0) is 27.0. The fourth-order valence-corrected chi connectivity index (χ4v) is 8.06. The van der Waals surface area contributed by atoms with Gasteiger partial charge in [-0.3, -0.25) is 4.79 Å². The van der Waals surface area contributed by atoms with Gasteiger partial charge in [0.1, 0.15) is 5.22 Å². The predicted octanol–water partition coefficient (Wildman–Crippen LogP) is 8.48. The number of carboxylic acids is 1. The summed E-state index contributed by atoms with van der Waals surface area (Å²) in [5.41, 5.74) is 0. The lowest BCUT2D eigenvalue weighted by Gasteiger charge is -2.42. The van der Waals surface area contributed by atoms with Gasteiger partial charge >= 0.3 is 14.8 Å². The van der Waals surface area contributed by atoms with Crippen molar-refractivity contribution in [3.05, 3.63) is 0 Å². The first-order valence-corrected chi connectivity index (χ1v) is 16.9. The first-order valence-electron chi connectivity index (χ1n) is 15.2. The lowest BCUT2D eigenvalue weighted by molar-refractivity contribution is -0.137. The third-order valence-corrected chi connectivity index (χ3v) is 10.5. The van der Waals surface area contributed by atoms with Crippen LogP contribution in [0, 0.1) is 0 Å². The average Bonchev–Trinajstić information content (AvgIpc) is 2.83. The number of aliphatic carboxylic acids is 1. The van der Waals surface area contributed by atoms with Crippen LogP contribution in [0.3, 0.4) is 0 Å². The van der Waals surface area contributed by atoms with Gasteiger partial charge in [-0.25, -0.2) is 0 Å². The van der Waals surface area contributed by atoms with Crippen LogP contribution in [0.4, 0.5) is 0 Å². The highest BCUT2D eigenvalue weighted by molar-refractivity contribution is 6.64. The summed E-state index contributed by atoms with van der Waals surface area (Å²) in [5, 5.41) is 8.14. The Morgan fingerprint density at radius 2 is 1.00 bits per heavy atom. The smallest absolute Gasteiger partial charge is 0.481 e. The molecule has 0 spiro atoms. The van der Waals surface area contributed by atoms with E-state index in [-0.39, 0.29) is 0 Å². The number of rotatable bonds is 28. The zero-order valence-electron chi connectivity index (χ0n) is 24.5. The van der Waals surface area contributed by atoms with Crippen molar-refractivity contribution in [3.8, 4) is 0 Å². The quantitative estimate of drug-likeness (QED) is 0.0804. The molecule has 0 saturated heterocycles. The van der Waals surface area contributed by atoms with Crippen LogP contribution in [0.2, 0.25) is 0 Å². The molecule has 0 amide bonds. The molecule has 0 saturated carbocycles. The number of unbranched alkanes of at least 4 members (excludes halogenated alkanes) is 14. The van der Waals surface area contributed by atoms with Crippen molar-refractivity contribution in [2.45, 2.75) is 155 Å². The monoisotopic (exact) mass is 532 g/mol. The molecule has 6 nitrogen and oxygen atoms in total. The minimum atomic E-state index is -2.93. The molecule has 7 heteroatoms. The topological polar surface area (TPSA) is 74.2 Å². The van der Waals surface area contributed by atoms with Crippen molar-refractivity contribution in [2.24, 2.45) is 0 Å². The number of hydrogen-bond acceptors (Lipinski definition) is 5. The summed E-state index contributed by atoms with van der Waals surface area (Å²) >= 11 is 0. The van der Waals surface area contributed by atoms with Gasteiger partial charge in [-0.15, -0.1) is 0 Å². The van der Waals surface area contributed by atoms with Crippen LogP contribution in [-0.2, 0) is 22.8 Å². The summed E-state index contributed by atoms with van der Waals surface area (Å²) < 4.78 is 25.0. The highest BCUT2D eigenvalue weighted by atomic mass is 28.4. The Morgan fingerprint density at radius 1 is 0.639 bits per heavy atom. The largest absolute Gasteiger partial charge is 0.534 e. The molecular weight excluding hydrogens is 472 g/mol. The van der Waals surface area contributed by atoms with Crippen molar-refractivity contribution in [3.63, 3.8) is 0 Å². The Balaban J connectivity index is 3.88. The fourth-order valence-electron chi connectivity index (χ4n) is 4.92. The maximum absolute atomic E-state index is 10.5. The van der Waals surface area contributed by atoms with E-state index in [2.05, 4.69) is 13.8 Å². The zero-order valence-corrected chi connectivity index (χ0v) is 25.5. The summed E-state index contributed by atoms with van der Waals surface area (Å²) in [5.74, 6) is -0.666. The first-order chi connectivity index (χ1) is 17.4. The van der Waals surface area contributed by atoms with Crippen LogP contribution in [-0.4, -0.2) is 51.5 Å². The van der Waals surface area contributed by atoms with Gasteiger partial charge in [-0.05, 0) is 47.0 Å². The highest BCUT2D eigenvalue weighted by Gasteiger charge is 2.59. The van der Waals surface area contributed by atoms with Crippen LogP contribution in [0.25, 0.3) is 0 Å². The summed E-state index contributed by atoms with van der Waals surface area (Å²) in [6.45, 7) is 12.8. The van der Waals surface area contributed by atoms with Gasteiger partial charge in [0.15, 0.2) is 0 Å². The summed E-state index contributed by atoms with van der Waals surface area (Å²) in [6.07, 6.45) is 20.8. The molecule has 0 heterocycles. The van der Waals surface area contributed by atoms with Crippen molar-refractivity contribution in [1.82, 2.24) is 0 Å². The maximum atomic E-state index is 10.5. The Bertz CT molecular complexity index is 487. The van der Waals surface area contributed by atoms with Crippen LogP contribution in [0.15, 0.2) is 0 Å². The lowest BCUT2D eigenvalue weighted by Crippen LogP contribution is -2.65. The number of ether oxygens (including phenoxy) is 1. The molecule has 0 bridgehead atoms. The molecular formula is C29H60O6Si. The maximum Gasteiger partial charge on any atom is 0.534 e. The van der Waals surface area contributed by atoms with Gasteiger partial charge in [0.05, 0.1) is 0 Å². The molecule has 36 heavy (non-hydrogen) atoms. The van der Waals surface area contributed by atoms with Gasteiger partial charge < -0.3 is 23.1 Å². The Hall–Kier alpha value is -0.473. The van der Waals surface area contributed by atoms with Gasteiger partial charge in [-0.2, -0.15) is 0 Å². The molecule has 0 aliphatic heterocycles. The van der Waals surface area contributed by atoms with E-state index in [9.17, 15) is 4.79 Å². The molecule has 0 aliphatic carbocycles. The van der Waals surface area contributed by atoms with Crippen molar-refractivity contribution < 1.29 is 27.9 Å². The van der Waals surface area contributed by atoms with Crippen LogP contribution in [0.5, 0.6) is 0 Å². The third-order valence-electron chi connectivity index (χ3n) is 6.83. The van der Waals surface area contributed by atoms with Gasteiger partial charge in [-0.1, -0.05) is 96.8 Å². The number of carboxylic acid groups (broad SMARTS) is 1. The van der Waals surface area contributed by atoms with E-state index in [1.165, 1.54) is 77.0 Å². The molecule has 0 aromatic carbocycles. The van der Waals surface area contributed by atoms with Crippen molar-refractivity contribution >= 4 is 14.8 Å². The molecule has 0 aliphatic rings. The summed E-state index contributed by atoms with van der Waals surface area (Å²) in [4.78, 5) is 10.5. The van der Waals surface area contributed by atoms with E-state index in [1.807, 2.05) is 20.8 Å². The predicted molar refractivity (Wildman–Crippen MR) is 151 cm³/mol. The van der Waals surface area contributed by atoms with Gasteiger partial charge in [0.2, 0.25) is 0 Å². The van der Waals surface area contributed by atoms with E-state index < -0.39 is 20.0 Å².